The van der Waals surface area contributed by atoms with Crippen LogP contribution in [0.2, 0.25) is 10.0 Å². The molecule has 0 bridgehead atoms. The van der Waals surface area contributed by atoms with E-state index in [4.69, 9.17) is 23.2 Å². The summed E-state index contributed by atoms with van der Waals surface area (Å²) in [6.07, 6.45) is 0. The van der Waals surface area contributed by atoms with Crippen molar-refractivity contribution in [1.82, 2.24) is 4.90 Å². The molecule has 1 nitrogen and oxygen atoms in total. The second-order valence-corrected chi connectivity index (χ2v) is 8.10. The molecule has 0 heterocycles. The van der Waals surface area contributed by atoms with Crippen LogP contribution in [0.15, 0.2) is 36.4 Å². The van der Waals surface area contributed by atoms with Crippen LogP contribution in [0.3, 0.4) is 0 Å². The zero-order valence-corrected chi connectivity index (χ0v) is 16.4. The standard InChI is InChI=1S/C18H22BCl2NS/c1-13-5-7-15(11-17(13)20)19(23-10-9-22(3)4)16-8-6-14(2)18(21)12-16/h5-8,11-12H,9-10H2,1-4H3. The van der Waals surface area contributed by atoms with Crippen molar-refractivity contribution in [2.45, 2.75) is 13.8 Å². The van der Waals surface area contributed by atoms with Crippen molar-refractivity contribution >= 4 is 51.7 Å². The van der Waals surface area contributed by atoms with E-state index in [0.717, 1.165) is 33.5 Å². The van der Waals surface area contributed by atoms with E-state index >= 15 is 0 Å². The summed E-state index contributed by atoms with van der Waals surface area (Å²) in [6, 6.07) is 12.7. The predicted molar refractivity (Wildman–Crippen MR) is 108 cm³/mol. The molecule has 0 amide bonds. The van der Waals surface area contributed by atoms with Gasteiger partial charge in [0.25, 0.3) is 5.99 Å². The number of halogens is 2. The lowest BCUT2D eigenvalue weighted by molar-refractivity contribution is 0.438. The van der Waals surface area contributed by atoms with E-state index < -0.39 is 0 Å². The summed E-state index contributed by atoms with van der Waals surface area (Å²) in [6.45, 7) is 5.10. The van der Waals surface area contributed by atoms with Gasteiger partial charge in [-0.15, -0.1) is 0 Å². The summed E-state index contributed by atoms with van der Waals surface area (Å²) >= 11 is 14.6. The minimum Gasteiger partial charge on any atom is -0.309 e. The highest BCUT2D eigenvalue weighted by atomic mass is 35.5. The van der Waals surface area contributed by atoms with Gasteiger partial charge in [0.1, 0.15) is 0 Å². The third-order valence-corrected chi connectivity index (χ3v) is 5.93. The summed E-state index contributed by atoms with van der Waals surface area (Å²) in [7, 11) is 4.20. The lowest BCUT2D eigenvalue weighted by atomic mass is 9.61. The van der Waals surface area contributed by atoms with Crippen molar-refractivity contribution in [2.75, 3.05) is 26.4 Å². The fraction of sp³-hybridized carbons (Fsp3) is 0.333. The highest BCUT2D eigenvalue weighted by Crippen LogP contribution is 2.18. The fourth-order valence-corrected chi connectivity index (χ4v) is 4.04. The van der Waals surface area contributed by atoms with E-state index in [0.29, 0.717) is 0 Å². The first-order valence-electron chi connectivity index (χ1n) is 7.67. The fourth-order valence-electron chi connectivity index (χ4n) is 2.28. The highest BCUT2D eigenvalue weighted by Gasteiger charge is 2.21. The zero-order chi connectivity index (χ0) is 17.0. The molecule has 0 unspecified atom stereocenters. The largest absolute Gasteiger partial charge is 0.309 e. The molecule has 0 aromatic heterocycles. The minimum absolute atomic E-state index is 0.242. The van der Waals surface area contributed by atoms with E-state index in [-0.39, 0.29) is 5.99 Å². The monoisotopic (exact) mass is 365 g/mol. The summed E-state index contributed by atoms with van der Waals surface area (Å²) in [4.78, 5) is 2.20. The van der Waals surface area contributed by atoms with E-state index in [1.807, 2.05) is 25.5 Å². The number of aryl methyl sites for hydroxylation is 2. The molecule has 5 heteroatoms. The van der Waals surface area contributed by atoms with Crippen LogP contribution in [0, 0.1) is 13.8 Å². The van der Waals surface area contributed by atoms with Gasteiger partial charge in [-0.05, 0) is 57.0 Å². The molecular weight excluding hydrogens is 344 g/mol. The average molecular weight is 366 g/mol. The summed E-state index contributed by atoms with van der Waals surface area (Å²) in [5, 5.41) is 1.64. The van der Waals surface area contributed by atoms with Crippen LogP contribution in [-0.2, 0) is 0 Å². The molecule has 2 aromatic rings. The van der Waals surface area contributed by atoms with Crippen LogP contribution < -0.4 is 10.9 Å². The normalized spacial score (nSPS) is 11.1. The molecule has 2 aromatic carbocycles. The molecule has 122 valence electrons. The van der Waals surface area contributed by atoms with E-state index in [1.54, 1.807) is 0 Å². The smallest absolute Gasteiger partial charge is 0.274 e. The Morgan fingerprint density at radius 2 is 1.39 bits per heavy atom. The van der Waals surface area contributed by atoms with Gasteiger partial charge in [0, 0.05) is 16.6 Å². The van der Waals surface area contributed by atoms with Crippen LogP contribution >= 0.6 is 34.8 Å². The van der Waals surface area contributed by atoms with Gasteiger partial charge in [-0.3, -0.25) is 0 Å². The maximum absolute atomic E-state index is 6.34. The molecule has 0 saturated carbocycles. The Morgan fingerprint density at radius 3 is 1.78 bits per heavy atom. The van der Waals surface area contributed by atoms with Gasteiger partial charge in [0.15, 0.2) is 0 Å². The van der Waals surface area contributed by atoms with Gasteiger partial charge in [0.05, 0.1) is 0 Å². The zero-order valence-electron chi connectivity index (χ0n) is 14.1. The Balaban J connectivity index is 2.33. The molecule has 0 fully saturated rings. The molecule has 0 aliphatic carbocycles. The molecule has 23 heavy (non-hydrogen) atoms. The van der Waals surface area contributed by atoms with Gasteiger partial charge >= 0.3 is 0 Å². The summed E-state index contributed by atoms with van der Waals surface area (Å²) in [5.74, 6) is 1.29. The number of rotatable bonds is 6. The quantitative estimate of drug-likeness (QED) is 0.711. The average Bonchev–Trinajstić information content (AvgIpc) is 2.49. The minimum atomic E-state index is 0.242. The number of benzene rings is 2. The van der Waals surface area contributed by atoms with Crippen LogP contribution in [0.25, 0.3) is 0 Å². The van der Waals surface area contributed by atoms with Crippen molar-refractivity contribution in [1.29, 1.82) is 0 Å². The second kappa shape index (κ2) is 8.48. The molecule has 2 rings (SSSR count). The highest BCUT2D eigenvalue weighted by molar-refractivity contribution is 8.28. The summed E-state index contributed by atoms with van der Waals surface area (Å²) in [5.41, 5.74) is 4.66. The van der Waals surface area contributed by atoms with Crippen molar-refractivity contribution in [3.8, 4) is 0 Å². The SMILES string of the molecule is Cc1ccc(B(SCCN(C)C)c2ccc(C)c(Cl)c2)cc1Cl. The Kier molecular flexibility index (Phi) is 6.91. The van der Waals surface area contributed by atoms with Gasteiger partial charge in [0.2, 0.25) is 0 Å². The van der Waals surface area contributed by atoms with Crippen LogP contribution in [0.5, 0.6) is 0 Å². The molecule has 0 aliphatic rings. The molecule has 0 N–H and O–H groups in total. The first kappa shape index (κ1) is 18.7. The van der Waals surface area contributed by atoms with Gasteiger partial charge in [-0.25, -0.2) is 0 Å². The van der Waals surface area contributed by atoms with Crippen molar-refractivity contribution in [3.05, 3.63) is 57.6 Å². The van der Waals surface area contributed by atoms with E-state index in [2.05, 4.69) is 55.4 Å². The number of hydrogen-bond donors (Lipinski definition) is 0. The first-order chi connectivity index (χ1) is 10.9. The number of nitrogens with zero attached hydrogens (tertiary/aromatic N) is 1. The van der Waals surface area contributed by atoms with Crippen molar-refractivity contribution < 1.29 is 0 Å². The molecular formula is C18H22BCl2NS. The van der Waals surface area contributed by atoms with Crippen LogP contribution in [0.1, 0.15) is 11.1 Å². The predicted octanol–water partition coefficient (Wildman–Crippen LogP) is 4.01. The van der Waals surface area contributed by atoms with Crippen LogP contribution in [-0.4, -0.2) is 37.3 Å². The molecule has 0 radical (unpaired) electrons. The van der Waals surface area contributed by atoms with Crippen molar-refractivity contribution in [3.63, 3.8) is 0 Å². The molecule has 0 spiro atoms. The van der Waals surface area contributed by atoms with Gasteiger partial charge in [-0.1, -0.05) is 58.4 Å². The Hall–Kier alpha value is -0.605. The number of hydrogen-bond acceptors (Lipinski definition) is 2. The summed E-state index contributed by atoms with van der Waals surface area (Å²) < 4.78 is 0. The maximum Gasteiger partial charge on any atom is 0.274 e. The second-order valence-electron chi connectivity index (χ2n) is 6.07. The molecule has 0 atom stereocenters. The Bertz CT molecular complexity index is 625. The third kappa shape index (κ3) is 5.19. The van der Waals surface area contributed by atoms with Crippen molar-refractivity contribution in [2.24, 2.45) is 0 Å². The third-order valence-electron chi connectivity index (χ3n) is 3.82. The molecule has 0 saturated heterocycles. The lowest BCUT2D eigenvalue weighted by Crippen LogP contribution is -2.40. The topological polar surface area (TPSA) is 3.24 Å². The Morgan fingerprint density at radius 1 is 0.913 bits per heavy atom. The first-order valence-corrected chi connectivity index (χ1v) is 9.47. The van der Waals surface area contributed by atoms with E-state index in [1.165, 1.54) is 10.9 Å². The van der Waals surface area contributed by atoms with Crippen LogP contribution in [0.4, 0.5) is 0 Å². The van der Waals surface area contributed by atoms with Gasteiger partial charge in [-0.2, -0.15) is 11.6 Å². The lowest BCUT2D eigenvalue weighted by Gasteiger charge is -2.17. The van der Waals surface area contributed by atoms with Gasteiger partial charge < -0.3 is 4.90 Å². The Labute approximate surface area is 154 Å². The molecule has 0 aliphatic heterocycles. The maximum atomic E-state index is 6.34. The van der Waals surface area contributed by atoms with E-state index in [9.17, 15) is 0 Å².